The van der Waals surface area contributed by atoms with E-state index in [2.05, 4.69) is 15.6 Å². The Kier molecular flexibility index (Phi) is 5.70. The molecule has 2 rings (SSSR count). The van der Waals surface area contributed by atoms with Crippen LogP contribution in [0.1, 0.15) is 19.1 Å². The van der Waals surface area contributed by atoms with Gasteiger partial charge in [0.1, 0.15) is 12.3 Å². The monoisotopic (exact) mass is 318 g/mol. The predicted octanol–water partition coefficient (Wildman–Crippen LogP) is 1.97. The summed E-state index contributed by atoms with van der Waals surface area (Å²) in [4.78, 5) is 5.79. The molecule has 1 aliphatic rings. The van der Waals surface area contributed by atoms with Crippen molar-refractivity contribution in [3.63, 3.8) is 0 Å². The van der Waals surface area contributed by atoms with Crippen molar-refractivity contribution < 1.29 is 17.6 Å². The lowest BCUT2D eigenvalue weighted by Crippen LogP contribution is -2.45. The Morgan fingerprint density at radius 3 is 2.95 bits per heavy atom. The Labute approximate surface area is 127 Å². The van der Waals surface area contributed by atoms with Crippen molar-refractivity contribution in [3.8, 4) is 0 Å². The van der Waals surface area contributed by atoms with Gasteiger partial charge in [0, 0.05) is 25.7 Å². The quantitative estimate of drug-likeness (QED) is 0.644. The summed E-state index contributed by atoms with van der Waals surface area (Å²) in [6.07, 6.45) is -1.90. The molecule has 1 fully saturated rings. The fourth-order valence-corrected chi connectivity index (χ4v) is 2.42. The predicted molar refractivity (Wildman–Crippen MR) is 77.6 cm³/mol. The zero-order valence-electron chi connectivity index (χ0n) is 12.5. The summed E-state index contributed by atoms with van der Waals surface area (Å²) in [5.41, 5.74) is 0. The number of halogens is 3. The molecule has 0 aliphatic carbocycles. The third-order valence-electron chi connectivity index (χ3n) is 3.33. The minimum Gasteiger partial charge on any atom is -0.467 e. The highest BCUT2D eigenvalue weighted by atomic mass is 19.4. The van der Waals surface area contributed by atoms with Gasteiger partial charge in [0.05, 0.1) is 12.8 Å². The first-order chi connectivity index (χ1) is 10.5. The lowest BCUT2D eigenvalue weighted by atomic mass is 10.3. The van der Waals surface area contributed by atoms with Gasteiger partial charge >= 0.3 is 6.18 Å². The summed E-state index contributed by atoms with van der Waals surface area (Å²) in [5, 5.41) is 6.27. The molecule has 1 aromatic heterocycles. The first kappa shape index (κ1) is 16.7. The van der Waals surface area contributed by atoms with E-state index in [1.807, 2.05) is 13.0 Å². The molecule has 1 unspecified atom stereocenters. The van der Waals surface area contributed by atoms with Crippen molar-refractivity contribution in [1.82, 2.24) is 15.5 Å². The van der Waals surface area contributed by atoms with Gasteiger partial charge in [0.2, 0.25) is 0 Å². The Morgan fingerprint density at radius 1 is 1.50 bits per heavy atom. The number of alkyl halides is 3. The van der Waals surface area contributed by atoms with Crippen LogP contribution in [0.15, 0.2) is 27.8 Å². The van der Waals surface area contributed by atoms with Gasteiger partial charge < -0.3 is 15.1 Å². The highest BCUT2D eigenvalue weighted by molar-refractivity contribution is 5.80. The number of rotatable bonds is 5. The van der Waals surface area contributed by atoms with Crippen LogP contribution in [-0.2, 0) is 6.54 Å². The molecule has 2 N–H and O–H groups in total. The van der Waals surface area contributed by atoms with Gasteiger partial charge in [-0.3, -0.25) is 4.90 Å². The van der Waals surface area contributed by atoms with Gasteiger partial charge in [0.15, 0.2) is 5.96 Å². The van der Waals surface area contributed by atoms with Crippen molar-refractivity contribution in [2.45, 2.75) is 32.1 Å². The third kappa shape index (κ3) is 5.59. The molecule has 124 valence electrons. The maximum absolute atomic E-state index is 12.4. The molecule has 0 radical (unpaired) electrons. The van der Waals surface area contributed by atoms with Gasteiger partial charge in [-0.25, -0.2) is 4.99 Å². The van der Waals surface area contributed by atoms with Gasteiger partial charge in [-0.05, 0) is 25.5 Å². The zero-order chi connectivity index (χ0) is 16.0. The molecule has 0 aromatic carbocycles. The first-order valence-corrected chi connectivity index (χ1v) is 7.32. The van der Waals surface area contributed by atoms with Gasteiger partial charge in [-0.1, -0.05) is 0 Å². The van der Waals surface area contributed by atoms with E-state index < -0.39 is 12.7 Å². The first-order valence-electron chi connectivity index (χ1n) is 7.32. The molecule has 8 heteroatoms. The van der Waals surface area contributed by atoms with E-state index in [1.54, 1.807) is 12.3 Å². The van der Waals surface area contributed by atoms with Gasteiger partial charge in [0.25, 0.3) is 0 Å². The van der Waals surface area contributed by atoms with E-state index >= 15 is 0 Å². The second-order valence-corrected chi connectivity index (χ2v) is 5.25. The molecule has 5 nitrogen and oxygen atoms in total. The maximum Gasteiger partial charge on any atom is 0.401 e. The molecule has 1 atom stereocenters. The number of guanidine groups is 1. The minimum atomic E-state index is -4.15. The minimum absolute atomic E-state index is 0.0308. The van der Waals surface area contributed by atoms with Crippen molar-refractivity contribution >= 4 is 5.96 Å². The van der Waals surface area contributed by atoms with Crippen LogP contribution in [0.5, 0.6) is 0 Å². The second-order valence-electron chi connectivity index (χ2n) is 5.25. The van der Waals surface area contributed by atoms with Gasteiger partial charge in [-0.2, -0.15) is 13.2 Å². The van der Waals surface area contributed by atoms with E-state index in [9.17, 15) is 13.2 Å². The number of aliphatic imine (C=N–C) groups is 1. The summed E-state index contributed by atoms with van der Waals surface area (Å²) in [7, 11) is 0. The molecule has 1 aromatic rings. The molecular formula is C14H21F3N4O. The molecule has 0 saturated carbocycles. The van der Waals surface area contributed by atoms with Crippen LogP contribution in [-0.4, -0.2) is 49.3 Å². The third-order valence-corrected chi connectivity index (χ3v) is 3.33. The molecule has 1 saturated heterocycles. The van der Waals surface area contributed by atoms with Crippen LogP contribution < -0.4 is 10.6 Å². The van der Waals surface area contributed by atoms with Crippen LogP contribution in [0.4, 0.5) is 13.2 Å². The Morgan fingerprint density at radius 2 is 2.32 bits per heavy atom. The number of hydrogen-bond acceptors (Lipinski definition) is 3. The number of likely N-dealkylation sites (tertiary alicyclic amines) is 1. The zero-order valence-corrected chi connectivity index (χ0v) is 12.5. The van der Waals surface area contributed by atoms with Crippen LogP contribution >= 0.6 is 0 Å². The molecule has 0 amide bonds. The Balaban J connectivity index is 1.85. The molecular weight excluding hydrogens is 297 g/mol. The highest BCUT2D eigenvalue weighted by Crippen LogP contribution is 2.19. The summed E-state index contributed by atoms with van der Waals surface area (Å²) in [6, 6.07) is 3.59. The van der Waals surface area contributed by atoms with Crippen molar-refractivity contribution in [1.29, 1.82) is 0 Å². The molecule has 0 bridgehead atoms. The van der Waals surface area contributed by atoms with E-state index in [0.29, 0.717) is 38.6 Å². The van der Waals surface area contributed by atoms with E-state index in [0.717, 1.165) is 5.76 Å². The van der Waals surface area contributed by atoms with Crippen LogP contribution in [0.25, 0.3) is 0 Å². The average Bonchev–Trinajstić information content (AvgIpc) is 3.06. The summed E-state index contributed by atoms with van der Waals surface area (Å²) in [6.45, 7) is 2.96. The fourth-order valence-electron chi connectivity index (χ4n) is 2.42. The van der Waals surface area contributed by atoms with Crippen molar-refractivity contribution in [3.05, 3.63) is 24.2 Å². The average molecular weight is 318 g/mol. The lowest BCUT2D eigenvalue weighted by Gasteiger charge is -2.19. The second kappa shape index (κ2) is 7.53. The maximum atomic E-state index is 12.4. The van der Waals surface area contributed by atoms with E-state index in [-0.39, 0.29) is 6.04 Å². The van der Waals surface area contributed by atoms with Crippen LogP contribution in [0, 0.1) is 0 Å². The molecule has 22 heavy (non-hydrogen) atoms. The topological polar surface area (TPSA) is 52.8 Å². The van der Waals surface area contributed by atoms with Gasteiger partial charge in [-0.15, -0.1) is 0 Å². The molecule has 2 heterocycles. The number of nitrogens with one attached hydrogen (secondary N) is 2. The molecule has 0 spiro atoms. The van der Waals surface area contributed by atoms with Crippen molar-refractivity contribution in [2.24, 2.45) is 4.99 Å². The molecule has 1 aliphatic heterocycles. The standard InChI is InChI=1S/C14H21F3N4O/c1-2-18-13(19-8-12-4-3-7-22-12)20-11-5-6-21(9-11)10-14(15,16)17/h3-4,7,11H,2,5-6,8-10H2,1H3,(H2,18,19,20). The summed E-state index contributed by atoms with van der Waals surface area (Å²) < 4.78 is 42.4. The number of furan rings is 1. The van der Waals surface area contributed by atoms with Crippen LogP contribution in [0.2, 0.25) is 0 Å². The summed E-state index contributed by atoms with van der Waals surface area (Å²) in [5.74, 6) is 1.33. The Hall–Kier alpha value is -1.70. The largest absolute Gasteiger partial charge is 0.467 e. The SMILES string of the molecule is CCNC(=NCc1ccco1)NC1CCN(CC(F)(F)F)C1. The van der Waals surface area contributed by atoms with E-state index in [1.165, 1.54) is 4.90 Å². The fraction of sp³-hybridized carbons (Fsp3) is 0.643. The summed E-state index contributed by atoms with van der Waals surface area (Å²) >= 11 is 0. The van der Waals surface area contributed by atoms with E-state index in [4.69, 9.17) is 4.42 Å². The number of nitrogens with zero attached hydrogens (tertiary/aromatic N) is 2. The number of hydrogen-bond donors (Lipinski definition) is 2. The highest BCUT2D eigenvalue weighted by Gasteiger charge is 2.34. The van der Waals surface area contributed by atoms with Crippen molar-refractivity contribution in [2.75, 3.05) is 26.2 Å². The Bertz CT molecular complexity index is 473. The van der Waals surface area contributed by atoms with Crippen LogP contribution in [0.3, 0.4) is 0 Å². The smallest absolute Gasteiger partial charge is 0.401 e. The lowest BCUT2D eigenvalue weighted by molar-refractivity contribution is -0.143. The normalized spacial score (nSPS) is 20.4.